The lowest BCUT2D eigenvalue weighted by atomic mass is 9.63. The average molecular weight is 358 g/mol. The number of rotatable bonds is 4. The number of hydrogen-bond acceptors (Lipinski definition) is 1. The standard InChI is InChI=1S/C19H20BrNO/c1-21(14-15-8-10-17(20)11-9-15)18(22)19(12-5-13-19)16-6-3-2-4-7-16/h2-4,6-11H,5,12-14H2,1H3. The Bertz CT molecular complexity index is 647. The summed E-state index contributed by atoms with van der Waals surface area (Å²) < 4.78 is 1.06. The zero-order valence-electron chi connectivity index (χ0n) is 12.8. The van der Waals surface area contributed by atoms with Crippen LogP contribution in [0.15, 0.2) is 59.1 Å². The Morgan fingerprint density at radius 2 is 1.73 bits per heavy atom. The van der Waals surface area contributed by atoms with Crippen LogP contribution in [0.25, 0.3) is 0 Å². The Balaban J connectivity index is 1.78. The Morgan fingerprint density at radius 1 is 1.09 bits per heavy atom. The van der Waals surface area contributed by atoms with E-state index >= 15 is 0 Å². The van der Waals surface area contributed by atoms with Gasteiger partial charge in [0.15, 0.2) is 0 Å². The van der Waals surface area contributed by atoms with E-state index in [1.165, 1.54) is 0 Å². The van der Waals surface area contributed by atoms with Crippen molar-refractivity contribution in [3.8, 4) is 0 Å². The number of benzene rings is 2. The molecule has 0 bridgehead atoms. The molecule has 3 rings (SSSR count). The maximum atomic E-state index is 13.0. The monoisotopic (exact) mass is 357 g/mol. The lowest BCUT2D eigenvalue weighted by Crippen LogP contribution is -2.49. The third-order valence-corrected chi connectivity index (χ3v) is 5.15. The molecule has 0 atom stereocenters. The van der Waals surface area contributed by atoms with Gasteiger partial charge in [-0.15, -0.1) is 0 Å². The van der Waals surface area contributed by atoms with Gasteiger partial charge in [-0.2, -0.15) is 0 Å². The summed E-state index contributed by atoms with van der Waals surface area (Å²) in [4.78, 5) is 14.9. The summed E-state index contributed by atoms with van der Waals surface area (Å²) in [5.41, 5.74) is 2.02. The van der Waals surface area contributed by atoms with Gasteiger partial charge in [0.2, 0.25) is 5.91 Å². The van der Waals surface area contributed by atoms with Crippen LogP contribution in [-0.2, 0) is 16.8 Å². The zero-order valence-corrected chi connectivity index (χ0v) is 14.3. The first-order valence-corrected chi connectivity index (χ1v) is 8.47. The van der Waals surface area contributed by atoms with Crippen LogP contribution in [-0.4, -0.2) is 17.9 Å². The van der Waals surface area contributed by atoms with Crippen molar-refractivity contribution in [3.63, 3.8) is 0 Å². The second-order valence-electron chi connectivity index (χ2n) is 6.09. The lowest BCUT2D eigenvalue weighted by Gasteiger charge is -2.43. The first-order valence-electron chi connectivity index (χ1n) is 7.67. The quantitative estimate of drug-likeness (QED) is 0.786. The number of halogens is 1. The Labute approximate surface area is 140 Å². The van der Waals surface area contributed by atoms with Crippen LogP contribution >= 0.6 is 15.9 Å². The van der Waals surface area contributed by atoms with Crippen molar-refractivity contribution in [1.29, 1.82) is 0 Å². The Kier molecular flexibility index (Phi) is 4.34. The van der Waals surface area contributed by atoms with Crippen LogP contribution in [0.5, 0.6) is 0 Å². The summed E-state index contributed by atoms with van der Waals surface area (Å²) in [5.74, 6) is 0.243. The van der Waals surface area contributed by atoms with Gasteiger partial charge in [0.25, 0.3) is 0 Å². The summed E-state index contributed by atoms with van der Waals surface area (Å²) in [6.45, 7) is 0.653. The van der Waals surface area contributed by atoms with Crippen molar-refractivity contribution in [1.82, 2.24) is 4.90 Å². The molecule has 0 saturated heterocycles. The molecule has 0 spiro atoms. The van der Waals surface area contributed by atoms with Crippen LogP contribution in [0.4, 0.5) is 0 Å². The third kappa shape index (κ3) is 2.82. The summed E-state index contributed by atoms with van der Waals surface area (Å²) in [5, 5.41) is 0. The molecule has 2 aromatic carbocycles. The van der Waals surface area contributed by atoms with Crippen LogP contribution in [0.3, 0.4) is 0 Å². The van der Waals surface area contributed by atoms with Gasteiger partial charge in [-0.1, -0.05) is 64.8 Å². The Morgan fingerprint density at radius 3 is 2.27 bits per heavy atom. The second kappa shape index (κ2) is 6.25. The molecule has 1 amide bonds. The number of likely N-dealkylation sites (N-methyl/N-ethyl adjacent to an activating group) is 1. The van der Waals surface area contributed by atoms with Gasteiger partial charge in [0.05, 0.1) is 5.41 Å². The van der Waals surface area contributed by atoms with Crippen molar-refractivity contribution in [2.75, 3.05) is 7.05 Å². The first kappa shape index (κ1) is 15.3. The van der Waals surface area contributed by atoms with Crippen LogP contribution < -0.4 is 0 Å². The van der Waals surface area contributed by atoms with Crippen molar-refractivity contribution in [2.45, 2.75) is 31.2 Å². The number of nitrogens with zero attached hydrogens (tertiary/aromatic N) is 1. The van der Waals surface area contributed by atoms with Gasteiger partial charge in [0.1, 0.15) is 0 Å². The minimum atomic E-state index is -0.300. The molecule has 0 N–H and O–H groups in total. The lowest BCUT2D eigenvalue weighted by molar-refractivity contribution is -0.140. The fourth-order valence-electron chi connectivity index (χ4n) is 3.21. The van der Waals surface area contributed by atoms with Gasteiger partial charge in [-0.25, -0.2) is 0 Å². The summed E-state index contributed by atoms with van der Waals surface area (Å²) >= 11 is 3.44. The number of amides is 1. The van der Waals surface area contributed by atoms with E-state index in [1.54, 1.807) is 0 Å². The molecule has 0 aromatic heterocycles. The van der Waals surface area contributed by atoms with Gasteiger partial charge >= 0.3 is 0 Å². The highest BCUT2D eigenvalue weighted by molar-refractivity contribution is 9.10. The largest absolute Gasteiger partial charge is 0.341 e. The molecular weight excluding hydrogens is 338 g/mol. The number of hydrogen-bond donors (Lipinski definition) is 0. The van der Waals surface area contributed by atoms with Gasteiger partial charge in [-0.3, -0.25) is 4.79 Å². The zero-order chi connectivity index (χ0) is 15.6. The molecule has 22 heavy (non-hydrogen) atoms. The molecule has 3 heteroatoms. The SMILES string of the molecule is CN(Cc1ccc(Br)cc1)C(=O)C1(c2ccccc2)CCC1. The maximum absolute atomic E-state index is 13.0. The highest BCUT2D eigenvalue weighted by Gasteiger charge is 2.46. The molecule has 0 heterocycles. The smallest absolute Gasteiger partial charge is 0.233 e. The fourth-order valence-corrected chi connectivity index (χ4v) is 3.48. The molecule has 0 radical (unpaired) electrons. The van der Waals surface area contributed by atoms with Gasteiger partial charge in [-0.05, 0) is 36.1 Å². The van der Waals surface area contributed by atoms with E-state index in [1.807, 2.05) is 42.3 Å². The van der Waals surface area contributed by atoms with Crippen LogP contribution in [0.2, 0.25) is 0 Å². The first-order chi connectivity index (χ1) is 10.6. The average Bonchev–Trinajstić information content (AvgIpc) is 2.49. The van der Waals surface area contributed by atoms with E-state index < -0.39 is 0 Å². The highest BCUT2D eigenvalue weighted by Crippen LogP contribution is 2.45. The van der Waals surface area contributed by atoms with E-state index in [2.05, 4.69) is 40.2 Å². The van der Waals surface area contributed by atoms with Crippen LogP contribution in [0, 0.1) is 0 Å². The third-order valence-electron chi connectivity index (χ3n) is 4.62. The Hall–Kier alpha value is -1.61. The minimum absolute atomic E-state index is 0.243. The topological polar surface area (TPSA) is 20.3 Å². The predicted octanol–water partition coefficient (Wildman–Crippen LogP) is 4.53. The van der Waals surface area contributed by atoms with Crippen molar-refractivity contribution in [2.24, 2.45) is 0 Å². The van der Waals surface area contributed by atoms with Gasteiger partial charge in [0, 0.05) is 18.1 Å². The number of carbonyl (C=O) groups is 1. The van der Waals surface area contributed by atoms with E-state index in [0.29, 0.717) is 6.54 Å². The second-order valence-corrected chi connectivity index (χ2v) is 7.01. The highest BCUT2D eigenvalue weighted by atomic mass is 79.9. The molecule has 2 nitrogen and oxygen atoms in total. The maximum Gasteiger partial charge on any atom is 0.233 e. The minimum Gasteiger partial charge on any atom is -0.341 e. The summed E-state index contributed by atoms with van der Waals surface area (Å²) in [6, 6.07) is 18.4. The molecular formula is C19H20BrNO. The fraction of sp³-hybridized carbons (Fsp3) is 0.316. The number of carbonyl (C=O) groups excluding carboxylic acids is 1. The molecule has 114 valence electrons. The molecule has 2 aromatic rings. The van der Waals surface area contributed by atoms with Crippen molar-refractivity contribution >= 4 is 21.8 Å². The molecule has 1 aliphatic carbocycles. The van der Waals surface area contributed by atoms with Gasteiger partial charge < -0.3 is 4.90 Å². The van der Waals surface area contributed by atoms with E-state index in [0.717, 1.165) is 34.9 Å². The molecule has 1 fully saturated rings. The van der Waals surface area contributed by atoms with E-state index in [4.69, 9.17) is 0 Å². The molecule has 0 unspecified atom stereocenters. The van der Waals surface area contributed by atoms with Crippen molar-refractivity contribution < 1.29 is 4.79 Å². The molecule has 1 saturated carbocycles. The van der Waals surface area contributed by atoms with E-state index in [-0.39, 0.29) is 11.3 Å². The molecule has 1 aliphatic rings. The predicted molar refractivity (Wildman–Crippen MR) is 92.6 cm³/mol. The molecule has 0 aliphatic heterocycles. The van der Waals surface area contributed by atoms with Crippen LogP contribution in [0.1, 0.15) is 30.4 Å². The normalized spacial score (nSPS) is 15.9. The van der Waals surface area contributed by atoms with Crippen molar-refractivity contribution in [3.05, 3.63) is 70.2 Å². The summed E-state index contributed by atoms with van der Waals surface area (Å²) in [7, 11) is 1.91. The van der Waals surface area contributed by atoms with E-state index in [9.17, 15) is 4.79 Å². The summed E-state index contributed by atoms with van der Waals surface area (Å²) in [6.07, 6.45) is 3.05.